The van der Waals surface area contributed by atoms with Crippen LogP contribution in [0.25, 0.3) is 0 Å². The SMILES string of the molecule is CC(C)N1CCC(N2CCCN(c3cccc(C(=O)NCc4cscn4)n3)CC2)CC1. The molecule has 4 heterocycles. The molecule has 0 spiro atoms. The van der Waals surface area contributed by atoms with Crippen molar-refractivity contribution in [2.24, 2.45) is 0 Å². The Morgan fingerprint density at radius 2 is 2.00 bits per heavy atom. The van der Waals surface area contributed by atoms with Gasteiger partial charge in [-0.05, 0) is 58.3 Å². The number of pyridine rings is 1. The van der Waals surface area contributed by atoms with Gasteiger partial charge in [0.15, 0.2) is 0 Å². The second-order valence-corrected chi connectivity index (χ2v) is 9.50. The van der Waals surface area contributed by atoms with Crippen molar-refractivity contribution in [2.75, 3.05) is 44.2 Å². The van der Waals surface area contributed by atoms with E-state index in [1.807, 2.05) is 17.5 Å². The van der Waals surface area contributed by atoms with E-state index in [1.54, 1.807) is 11.6 Å². The first-order valence-corrected chi connectivity index (χ1v) is 12.4. The third-order valence-corrected chi connectivity index (χ3v) is 7.12. The average molecular weight is 443 g/mol. The molecule has 0 bridgehead atoms. The van der Waals surface area contributed by atoms with Gasteiger partial charge in [0.2, 0.25) is 0 Å². The predicted molar refractivity (Wildman–Crippen MR) is 126 cm³/mol. The summed E-state index contributed by atoms with van der Waals surface area (Å²) in [5.74, 6) is 0.751. The van der Waals surface area contributed by atoms with Gasteiger partial charge in [-0.15, -0.1) is 11.3 Å². The minimum Gasteiger partial charge on any atom is -0.355 e. The average Bonchev–Trinajstić information content (AvgIpc) is 3.20. The molecule has 1 N–H and O–H groups in total. The quantitative estimate of drug-likeness (QED) is 0.742. The number of anilines is 1. The van der Waals surface area contributed by atoms with Crippen LogP contribution in [0.15, 0.2) is 29.1 Å². The molecule has 4 rings (SSSR count). The lowest BCUT2D eigenvalue weighted by atomic mass is 10.0. The molecule has 0 radical (unpaired) electrons. The van der Waals surface area contributed by atoms with Crippen LogP contribution < -0.4 is 10.2 Å². The van der Waals surface area contributed by atoms with E-state index in [9.17, 15) is 4.79 Å². The standard InChI is InChI=1S/C23H34N6OS/c1-18(2)27-11-7-20(8-12-27)28-9-4-10-29(14-13-28)22-6-3-5-21(26-22)23(30)24-15-19-16-31-17-25-19/h3,5-6,16-18,20H,4,7-15H2,1-2H3,(H,24,30). The number of carbonyl (C=O) groups is 1. The molecule has 2 aliphatic rings. The number of thiazole rings is 1. The van der Waals surface area contributed by atoms with E-state index >= 15 is 0 Å². The molecule has 7 nitrogen and oxygen atoms in total. The van der Waals surface area contributed by atoms with E-state index in [4.69, 9.17) is 0 Å². The molecule has 2 aliphatic heterocycles. The van der Waals surface area contributed by atoms with Gasteiger partial charge in [0.1, 0.15) is 11.5 Å². The number of aromatic nitrogens is 2. The number of nitrogens with zero attached hydrogens (tertiary/aromatic N) is 5. The van der Waals surface area contributed by atoms with Crippen LogP contribution in [0.1, 0.15) is 49.3 Å². The summed E-state index contributed by atoms with van der Waals surface area (Å²) >= 11 is 1.53. The van der Waals surface area contributed by atoms with Crippen LogP contribution in [-0.4, -0.2) is 77.0 Å². The summed E-state index contributed by atoms with van der Waals surface area (Å²) in [5, 5.41) is 4.86. The lowest BCUT2D eigenvalue weighted by Crippen LogP contribution is -2.47. The zero-order valence-corrected chi connectivity index (χ0v) is 19.5. The molecule has 0 unspecified atom stereocenters. The normalized spacial score (nSPS) is 19.5. The van der Waals surface area contributed by atoms with Crippen LogP contribution in [-0.2, 0) is 6.54 Å². The fourth-order valence-corrected chi connectivity index (χ4v) is 5.17. The van der Waals surface area contributed by atoms with Crippen LogP contribution in [0.2, 0.25) is 0 Å². The minimum absolute atomic E-state index is 0.150. The Morgan fingerprint density at radius 3 is 2.74 bits per heavy atom. The molecule has 2 saturated heterocycles. The molecule has 1 amide bonds. The predicted octanol–water partition coefficient (Wildman–Crippen LogP) is 2.85. The van der Waals surface area contributed by atoms with Crippen molar-refractivity contribution in [1.82, 2.24) is 25.1 Å². The number of hydrogen-bond acceptors (Lipinski definition) is 7. The lowest BCUT2D eigenvalue weighted by Gasteiger charge is -2.39. The molecule has 0 saturated carbocycles. The van der Waals surface area contributed by atoms with Gasteiger partial charge in [0, 0.05) is 43.6 Å². The van der Waals surface area contributed by atoms with Crippen LogP contribution in [0.4, 0.5) is 5.82 Å². The molecule has 0 aromatic carbocycles. The molecule has 2 aromatic rings. The Hall–Kier alpha value is -2.03. The molecule has 2 fully saturated rings. The number of likely N-dealkylation sites (tertiary alicyclic amines) is 1. The monoisotopic (exact) mass is 442 g/mol. The van der Waals surface area contributed by atoms with Gasteiger partial charge < -0.3 is 15.1 Å². The first-order chi connectivity index (χ1) is 15.1. The van der Waals surface area contributed by atoms with E-state index in [0.29, 0.717) is 24.3 Å². The van der Waals surface area contributed by atoms with Crippen molar-refractivity contribution in [3.63, 3.8) is 0 Å². The highest BCUT2D eigenvalue weighted by atomic mass is 32.1. The maximum atomic E-state index is 12.5. The Morgan fingerprint density at radius 1 is 1.16 bits per heavy atom. The first-order valence-electron chi connectivity index (χ1n) is 11.5. The number of carbonyl (C=O) groups excluding carboxylic acids is 1. The van der Waals surface area contributed by atoms with Crippen molar-refractivity contribution < 1.29 is 4.79 Å². The largest absolute Gasteiger partial charge is 0.355 e. The zero-order valence-electron chi connectivity index (χ0n) is 18.7. The van der Waals surface area contributed by atoms with Crippen LogP contribution >= 0.6 is 11.3 Å². The lowest BCUT2D eigenvalue weighted by molar-refractivity contribution is 0.0945. The molecule has 31 heavy (non-hydrogen) atoms. The summed E-state index contributed by atoms with van der Waals surface area (Å²) < 4.78 is 0. The van der Waals surface area contributed by atoms with E-state index < -0.39 is 0 Å². The van der Waals surface area contributed by atoms with Crippen molar-refractivity contribution in [3.05, 3.63) is 40.5 Å². The van der Waals surface area contributed by atoms with E-state index in [2.05, 4.69) is 43.8 Å². The molecular weight excluding hydrogens is 408 g/mol. The third kappa shape index (κ3) is 5.81. The summed E-state index contributed by atoms with van der Waals surface area (Å²) in [6, 6.07) is 7.09. The molecule has 8 heteroatoms. The topological polar surface area (TPSA) is 64.6 Å². The minimum atomic E-state index is -0.150. The Balaban J connectivity index is 1.32. The number of rotatable bonds is 6. The molecule has 168 valence electrons. The van der Waals surface area contributed by atoms with E-state index in [-0.39, 0.29) is 5.91 Å². The van der Waals surface area contributed by atoms with Gasteiger partial charge in [-0.3, -0.25) is 9.69 Å². The van der Waals surface area contributed by atoms with Gasteiger partial charge in [0.05, 0.1) is 17.7 Å². The maximum Gasteiger partial charge on any atom is 0.270 e. The number of hydrogen-bond donors (Lipinski definition) is 1. The smallest absolute Gasteiger partial charge is 0.270 e. The highest BCUT2D eigenvalue weighted by Crippen LogP contribution is 2.21. The molecular formula is C23H34N6OS. The summed E-state index contributed by atoms with van der Waals surface area (Å²) in [4.78, 5) is 29.0. The van der Waals surface area contributed by atoms with E-state index in [0.717, 1.165) is 44.1 Å². The van der Waals surface area contributed by atoms with Gasteiger partial charge in [-0.2, -0.15) is 0 Å². The van der Waals surface area contributed by atoms with E-state index in [1.165, 1.54) is 37.3 Å². The summed E-state index contributed by atoms with van der Waals surface area (Å²) in [6.45, 7) is 11.6. The van der Waals surface area contributed by atoms with Crippen molar-refractivity contribution >= 4 is 23.1 Å². The molecule has 0 atom stereocenters. The molecule has 2 aromatic heterocycles. The van der Waals surface area contributed by atoms with Gasteiger partial charge in [-0.25, -0.2) is 9.97 Å². The number of amides is 1. The first kappa shape index (κ1) is 22.2. The highest BCUT2D eigenvalue weighted by Gasteiger charge is 2.27. The number of nitrogens with one attached hydrogen (secondary N) is 1. The summed E-state index contributed by atoms with van der Waals surface area (Å²) in [5.41, 5.74) is 3.12. The fourth-order valence-electron chi connectivity index (χ4n) is 4.61. The van der Waals surface area contributed by atoms with Crippen LogP contribution in [0.3, 0.4) is 0 Å². The third-order valence-electron chi connectivity index (χ3n) is 6.48. The second kappa shape index (κ2) is 10.5. The van der Waals surface area contributed by atoms with Crippen LogP contribution in [0.5, 0.6) is 0 Å². The van der Waals surface area contributed by atoms with Gasteiger partial charge in [0.25, 0.3) is 5.91 Å². The summed E-state index contributed by atoms with van der Waals surface area (Å²) in [7, 11) is 0. The van der Waals surface area contributed by atoms with Crippen LogP contribution in [0, 0.1) is 0 Å². The van der Waals surface area contributed by atoms with Crippen molar-refractivity contribution in [3.8, 4) is 0 Å². The Kier molecular flexibility index (Phi) is 7.53. The van der Waals surface area contributed by atoms with Gasteiger partial charge >= 0.3 is 0 Å². The zero-order chi connectivity index (χ0) is 21.6. The highest BCUT2D eigenvalue weighted by molar-refractivity contribution is 7.07. The van der Waals surface area contributed by atoms with Crippen molar-refractivity contribution in [1.29, 1.82) is 0 Å². The fraction of sp³-hybridized carbons (Fsp3) is 0.609. The van der Waals surface area contributed by atoms with Crippen molar-refractivity contribution in [2.45, 2.75) is 51.7 Å². The number of piperidine rings is 1. The van der Waals surface area contributed by atoms with Gasteiger partial charge in [-0.1, -0.05) is 6.07 Å². The Labute approximate surface area is 189 Å². The maximum absolute atomic E-state index is 12.5. The second-order valence-electron chi connectivity index (χ2n) is 8.78. The summed E-state index contributed by atoms with van der Waals surface area (Å²) in [6.07, 6.45) is 3.67. The molecule has 0 aliphatic carbocycles. The Bertz CT molecular complexity index is 834.